The van der Waals surface area contributed by atoms with Crippen LogP contribution in [0, 0.1) is 0 Å². The summed E-state index contributed by atoms with van der Waals surface area (Å²) in [4.78, 5) is 0. The molecule has 0 unspecified atom stereocenters. The van der Waals surface area contributed by atoms with Crippen LogP contribution in [0.3, 0.4) is 0 Å². The number of aromatic nitrogens is 2. The summed E-state index contributed by atoms with van der Waals surface area (Å²) in [6, 6.07) is 5.47. The van der Waals surface area contributed by atoms with E-state index < -0.39 is 0 Å². The maximum absolute atomic E-state index is 5.94. The quantitative estimate of drug-likeness (QED) is 0.768. The third-order valence-electron chi connectivity index (χ3n) is 1.84. The number of hydrogen-bond acceptors (Lipinski definition) is 4. The van der Waals surface area contributed by atoms with Gasteiger partial charge in [-0.15, -0.1) is 16.9 Å². The van der Waals surface area contributed by atoms with Crippen LogP contribution in [0.4, 0.5) is 0 Å². The van der Waals surface area contributed by atoms with Gasteiger partial charge in [-0.3, -0.25) is 0 Å². The second-order valence-corrected chi connectivity index (χ2v) is 5.39. The normalized spacial score (nSPS) is 10.6. The number of hydrogen-bond donors (Lipinski definition) is 0. The van der Waals surface area contributed by atoms with Gasteiger partial charge in [0, 0.05) is 5.56 Å². The van der Waals surface area contributed by atoms with E-state index in [4.69, 9.17) is 23.2 Å². The molecule has 0 fully saturated rings. The summed E-state index contributed by atoms with van der Waals surface area (Å²) < 4.78 is 4.99. The molecule has 0 amide bonds. The van der Waals surface area contributed by atoms with Gasteiger partial charge in [-0.2, -0.15) is 0 Å². The molecule has 0 radical (unpaired) electrons. The summed E-state index contributed by atoms with van der Waals surface area (Å²) in [7, 11) is 0. The average molecular weight is 277 g/mol. The van der Waals surface area contributed by atoms with E-state index in [-0.39, 0.29) is 0 Å². The minimum Gasteiger partial charge on any atom is -0.137 e. The van der Waals surface area contributed by atoms with Gasteiger partial charge in [0.15, 0.2) is 0 Å². The number of thioether (sulfide) groups is 1. The lowest BCUT2D eigenvalue weighted by molar-refractivity contribution is 1.15. The van der Waals surface area contributed by atoms with Crippen LogP contribution in [0.5, 0.6) is 0 Å². The highest BCUT2D eigenvalue weighted by molar-refractivity contribution is 8.00. The highest BCUT2D eigenvalue weighted by Crippen LogP contribution is 2.34. The van der Waals surface area contributed by atoms with Crippen molar-refractivity contribution >= 4 is 46.5 Å². The van der Waals surface area contributed by atoms with Crippen molar-refractivity contribution in [2.24, 2.45) is 0 Å². The monoisotopic (exact) mass is 276 g/mol. The Morgan fingerprint density at radius 2 is 2.07 bits per heavy atom. The lowest BCUT2D eigenvalue weighted by Crippen LogP contribution is -1.80. The molecule has 1 aromatic heterocycles. The SMILES string of the molecule is CSc1snnc1-c1ccc(Cl)c(Cl)c1. The number of rotatable bonds is 2. The molecule has 2 rings (SSSR count). The van der Waals surface area contributed by atoms with E-state index in [1.54, 1.807) is 23.9 Å². The zero-order chi connectivity index (χ0) is 10.8. The molecule has 1 aromatic carbocycles. The van der Waals surface area contributed by atoms with E-state index in [0.717, 1.165) is 15.5 Å². The van der Waals surface area contributed by atoms with Gasteiger partial charge in [0.2, 0.25) is 0 Å². The highest BCUT2D eigenvalue weighted by Gasteiger charge is 2.10. The molecule has 0 N–H and O–H groups in total. The van der Waals surface area contributed by atoms with Crippen LogP contribution in [0.2, 0.25) is 10.0 Å². The van der Waals surface area contributed by atoms with Crippen molar-refractivity contribution in [3.05, 3.63) is 28.2 Å². The predicted octanol–water partition coefficient (Wildman–Crippen LogP) is 4.23. The summed E-state index contributed by atoms with van der Waals surface area (Å²) in [5.74, 6) is 0. The van der Waals surface area contributed by atoms with Crippen molar-refractivity contribution in [2.75, 3.05) is 6.26 Å². The summed E-state index contributed by atoms with van der Waals surface area (Å²) >= 11 is 14.8. The molecule has 0 spiro atoms. The second kappa shape index (κ2) is 4.70. The van der Waals surface area contributed by atoms with Crippen molar-refractivity contribution in [2.45, 2.75) is 4.21 Å². The van der Waals surface area contributed by atoms with Crippen LogP contribution in [0.25, 0.3) is 11.3 Å². The van der Waals surface area contributed by atoms with E-state index in [9.17, 15) is 0 Å². The third kappa shape index (κ3) is 2.28. The Morgan fingerprint density at radius 3 is 2.73 bits per heavy atom. The van der Waals surface area contributed by atoms with Crippen LogP contribution in [-0.4, -0.2) is 15.8 Å². The minimum absolute atomic E-state index is 0.536. The van der Waals surface area contributed by atoms with Crippen LogP contribution in [0.1, 0.15) is 0 Å². The van der Waals surface area contributed by atoms with Gasteiger partial charge in [0.25, 0.3) is 0 Å². The number of halogens is 2. The molecule has 0 aliphatic carbocycles. The molecule has 2 nitrogen and oxygen atoms in total. The Balaban J connectivity index is 2.50. The number of benzene rings is 1. The molecule has 0 atom stereocenters. The summed E-state index contributed by atoms with van der Waals surface area (Å²) in [5.41, 5.74) is 1.81. The Hall–Kier alpha value is -0.290. The van der Waals surface area contributed by atoms with Crippen molar-refractivity contribution in [1.82, 2.24) is 9.59 Å². The fourth-order valence-corrected chi connectivity index (χ4v) is 2.63. The first kappa shape index (κ1) is 11.2. The van der Waals surface area contributed by atoms with Gasteiger partial charge >= 0.3 is 0 Å². The Labute approximate surface area is 106 Å². The first-order valence-corrected chi connectivity index (χ1v) is 6.79. The molecule has 0 saturated carbocycles. The first-order chi connectivity index (χ1) is 7.22. The topological polar surface area (TPSA) is 25.8 Å². The fraction of sp³-hybridized carbons (Fsp3) is 0.111. The smallest absolute Gasteiger partial charge is 0.119 e. The average Bonchev–Trinajstić information content (AvgIpc) is 2.70. The summed E-state index contributed by atoms with van der Waals surface area (Å²) in [5, 5.41) is 5.16. The molecule has 6 heteroatoms. The maximum Gasteiger partial charge on any atom is 0.119 e. The van der Waals surface area contributed by atoms with E-state index in [1.807, 2.05) is 12.3 Å². The zero-order valence-corrected chi connectivity index (χ0v) is 10.8. The Morgan fingerprint density at radius 1 is 1.27 bits per heavy atom. The highest BCUT2D eigenvalue weighted by atomic mass is 35.5. The Bertz CT molecular complexity index is 485. The van der Waals surface area contributed by atoms with Gasteiger partial charge < -0.3 is 0 Å². The van der Waals surface area contributed by atoms with E-state index in [1.165, 1.54) is 11.5 Å². The zero-order valence-electron chi connectivity index (χ0n) is 7.70. The van der Waals surface area contributed by atoms with Crippen LogP contribution >= 0.6 is 46.5 Å². The maximum atomic E-state index is 5.94. The molecule has 0 saturated heterocycles. The first-order valence-electron chi connectivity index (χ1n) is 4.04. The molecule has 0 aliphatic rings. The molecule has 2 aromatic rings. The van der Waals surface area contributed by atoms with Crippen molar-refractivity contribution in [1.29, 1.82) is 0 Å². The molecule has 15 heavy (non-hydrogen) atoms. The third-order valence-corrected chi connectivity index (χ3v) is 4.39. The van der Waals surface area contributed by atoms with E-state index in [0.29, 0.717) is 10.0 Å². The predicted molar refractivity (Wildman–Crippen MR) is 67.1 cm³/mol. The number of nitrogens with zero attached hydrogens (tertiary/aromatic N) is 2. The minimum atomic E-state index is 0.536. The van der Waals surface area contributed by atoms with E-state index >= 15 is 0 Å². The van der Waals surface area contributed by atoms with Crippen molar-refractivity contribution in [3.63, 3.8) is 0 Å². The molecule has 78 valence electrons. The Kier molecular flexibility index (Phi) is 3.51. The van der Waals surface area contributed by atoms with Crippen LogP contribution in [-0.2, 0) is 0 Å². The largest absolute Gasteiger partial charge is 0.137 e. The van der Waals surface area contributed by atoms with Gasteiger partial charge in [0.05, 0.1) is 10.0 Å². The van der Waals surface area contributed by atoms with Gasteiger partial charge in [-0.25, -0.2) is 0 Å². The lowest BCUT2D eigenvalue weighted by atomic mass is 10.2. The van der Waals surface area contributed by atoms with E-state index in [2.05, 4.69) is 9.59 Å². The second-order valence-electron chi connectivity index (χ2n) is 2.74. The lowest BCUT2D eigenvalue weighted by Gasteiger charge is -2.00. The fourth-order valence-electron chi connectivity index (χ4n) is 1.14. The van der Waals surface area contributed by atoms with Gasteiger partial charge in [-0.1, -0.05) is 33.8 Å². The van der Waals surface area contributed by atoms with Gasteiger partial charge in [0.1, 0.15) is 9.90 Å². The van der Waals surface area contributed by atoms with Crippen LogP contribution in [0.15, 0.2) is 22.4 Å². The van der Waals surface area contributed by atoms with Gasteiger partial charge in [-0.05, 0) is 29.9 Å². The molecular formula is C9H6Cl2N2S2. The molecular weight excluding hydrogens is 271 g/mol. The van der Waals surface area contributed by atoms with Crippen LogP contribution < -0.4 is 0 Å². The van der Waals surface area contributed by atoms with Crippen molar-refractivity contribution < 1.29 is 0 Å². The standard InChI is InChI=1S/C9H6Cl2N2S2/c1-14-9-8(12-13-15-9)5-2-3-6(10)7(11)4-5/h2-4H,1H3. The molecule has 1 heterocycles. The van der Waals surface area contributed by atoms with Crippen molar-refractivity contribution in [3.8, 4) is 11.3 Å². The molecule has 0 bridgehead atoms. The summed E-state index contributed by atoms with van der Waals surface area (Å²) in [6.07, 6.45) is 2.00. The summed E-state index contributed by atoms with van der Waals surface area (Å²) in [6.45, 7) is 0. The molecule has 0 aliphatic heterocycles.